The van der Waals surface area contributed by atoms with E-state index in [2.05, 4.69) is 9.71 Å². The van der Waals surface area contributed by atoms with Crippen molar-refractivity contribution >= 4 is 33.4 Å². The fourth-order valence-electron chi connectivity index (χ4n) is 2.57. The van der Waals surface area contributed by atoms with Crippen molar-refractivity contribution in [1.29, 1.82) is 0 Å². The molecule has 1 aromatic carbocycles. The SMILES string of the molecule is Cc1cccc(NC(=O)[C@H](C)OC(=O)C2=CN3CCS(=O)(=O)N=C3C=C2)c1. The zero-order valence-electron chi connectivity index (χ0n) is 14.9. The lowest BCUT2D eigenvalue weighted by Crippen LogP contribution is -2.37. The van der Waals surface area contributed by atoms with Crippen LogP contribution in [-0.4, -0.2) is 49.4 Å². The number of sulfonamides is 1. The fraction of sp³-hybridized carbons (Fsp3) is 0.278. The number of ether oxygens (including phenoxy) is 1. The highest BCUT2D eigenvalue weighted by molar-refractivity contribution is 7.90. The average Bonchev–Trinajstić information content (AvgIpc) is 2.60. The maximum atomic E-state index is 12.3. The van der Waals surface area contributed by atoms with E-state index in [1.807, 2.05) is 25.1 Å². The lowest BCUT2D eigenvalue weighted by atomic mass is 10.2. The first-order chi connectivity index (χ1) is 12.7. The van der Waals surface area contributed by atoms with E-state index in [-0.39, 0.29) is 23.7 Å². The molecule has 2 aliphatic heterocycles. The van der Waals surface area contributed by atoms with Crippen LogP contribution in [0.4, 0.5) is 5.69 Å². The van der Waals surface area contributed by atoms with E-state index in [1.54, 1.807) is 11.0 Å². The minimum Gasteiger partial charge on any atom is -0.449 e. The van der Waals surface area contributed by atoms with Crippen molar-refractivity contribution in [3.8, 4) is 0 Å². The molecule has 3 rings (SSSR count). The van der Waals surface area contributed by atoms with Gasteiger partial charge < -0.3 is 15.0 Å². The number of hydrogen-bond donors (Lipinski definition) is 1. The molecule has 1 aromatic rings. The van der Waals surface area contributed by atoms with Gasteiger partial charge in [-0.2, -0.15) is 0 Å². The molecule has 0 unspecified atom stereocenters. The minimum atomic E-state index is -3.46. The Bertz CT molecular complexity index is 978. The van der Waals surface area contributed by atoms with E-state index in [0.717, 1.165) is 5.56 Å². The first-order valence-corrected chi connectivity index (χ1v) is 9.92. The summed E-state index contributed by atoms with van der Waals surface area (Å²) < 4.78 is 31.9. The van der Waals surface area contributed by atoms with Crippen molar-refractivity contribution in [2.75, 3.05) is 17.6 Å². The molecule has 1 amide bonds. The van der Waals surface area contributed by atoms with Crippen LogP contribution < -0.4 is 5.32 Å². The Labute approximate surface area is 157 Å². The lowest BCUT2D eigenvalue weighted by molar-refractivity contribution is -0.149. The Morgan fingerprint density at radius 1 is 1.30 bits per heavy atom. The number of nitrogens with zero attached hydrogens (tertiary/aromatic N) is 2. The van der Waals surface area contributed by atoms with Gasteiger partial charge in [-0.05, 0) is 43.7 Å². The maximum Gasteiger partial charge on any atom is 0.340 e. The van der Waals surface area contributed by atoms with Gasteiger partial charge >= 0.3 is 5.97 Å². The zero-order chi connectivity index (χ0) is 19.6. The molecule has 27 heavy (non-hydrogen) atoms. The smallest absolute Gasteiger partial charge is 0.340 e. The van der Waals surface area contributed by atoms with Crippen LogP contribution >= 0.6 is 0 Å². The molecule has 1 N–H and O–H groups in total. The summed E-state index contributed by atoms with van der Waals surface area (Å²) in [6.45, 7) is 3.59. The van der Waals surface area contributed by atoms with Gasteiger partial charge in [0.1, 0.15) is 5.84 Å². The molecule has 8 nitrogen and oxygen atoms in total. The van der Waals surface area contributed by atoms with Crippen LogP contribution in [0.2, 0.25) is 0 Å². The van der Waals surface area contributed by atoms with Gasteiger partial charge in [0.05, 0.1) is 11.3 Å². The quantitative estimate of drug-likeness (QED) is 0.780. The molecule has 2 aliphatic rings. The van der Waals surface area contributed by atoms with E-state index in [1.165, 1.54) is 25.3 Å². The Morgan fingerprint density at radius 2 is 2.07 bits per heavy atom. The monoisotopic (exact) mass is 389 g/mol. The minimum absolute atomic E-state index is 0.127. The molecule has 0 spiro atoms. The molecule has 2 heterocycles. The summed E-state index contributed by atoms with van der Waals surface area (Å²) in [6.07, 6.45) is 3.33. The van der Waals surface area contributed by atoms with Crippen LogP contribution in [-0.2, 0) is 24.3 Å². The zero-order valence-corrected chi connectivity index (χ0v) is 15.7. The summed E-state index contributed by atoms with van der Waals surface area (Å²) in [5.74, 6) is -0.993. The second-order valence-electron chi connectivity index (χ2n) is 6.25. The van der Waals surface area contributed by atoms with E-state index in [9.17, 15) is 18.0 Å². The Hall–Kier alpha value is -2.94. The number of carbonyl (C=O) groups excluding carboxylic acids is 2. The van der Waals surface area contributed by atoms with Gasteiger partial charge in [0.15, 0.2) is 6.10 Å². The Kier molecular flexibility index (Phi) is 5.13. The number of aryl methyl sites for hydroxylation is 1. The normalized spacial score (nSPS) is 18.7. The molecular weight excluding hydrogens is 370 g/mol. The summed E-state index contributed by atoms with van der Waals surface area (Å²) in [7, 11) is -3.46. The Morgan fingerprint density at radius 3 is 2.81 bits per heavy atom. The summed E-state index contributed by atoms with van der Waals surface area (Å²) in [5.41, 5.74) is 1.83. The highest BCUT2D eigenvalue weighted by atomic mass is 32.2. The van der Waals surface area contributed by atoms with Crippen LogP contribution in [0.15, 0.2) is 52.6 Å². The van der Waals surface area contributed by atoms with Gasteiger partial charge in [0.25, 0.3) is 15.9 Å². The molecule has 0 fully saturated rings. The first kappa shape index (κ1) is 18.8. The number of amides is 1. The van der Waals surface area contributed by atoms with Gasteiger partial charge in [-0.15, -0.1) is 4.40 Å². The van der Waals surface area contributed by atoms with Crippen molar-refractivity contribution in [1.82, 2.24) is 4.90 Å². The van der Waals surface area contributed by atoms with E-state index in [0.29, 0.717) is 5.69 Å². The Balaban J connectivity index is 1.63. The van der Waals surface area contributed by atoms with E-state index >= 15 is 0 Å². The number of amidine groups is 1. The molecule has 9 heteroatoms. The third-order valence-corrected chi connectivity index (χ3v) is 5.16. The predicted octanol–water partition coefficient (Wildman–Crippen LogP) is 1.36. The predicted molar refractivity (Wildman–Crippen MR) is 101 cm³/mol. The van der Waals surface area contributed by atoms with Gasteiger partial charge in [-0.25, -0.2) is 13.2 Å². The summed E-state index contributed by atoms with van der Waals surface area (Å²) in [5, 5.41) is 2.70. The summed E-state index contributed by atoms with van der Waals surface area (Å²) >= 11 is 0. The third-order valence-electron chi connectivity index (χ3n) is 4.00. The molecule has 0 aliphatic carbocycles. The van der Waals surface area contributed by atoms with Crippen molar-refractivity contribution < 1.29 is 22.7 Å². The number of hydrogen-bond acceptors (Lipinski definition) is 6. The van der Waals surface area contributed by atoms with Crippen LogP contribution in [0.1, 0.15) is 12.5 Å². The molecule has 1 atom stereocenters. The number of anilines is 1. The summed E-state index contributed by atoms with van der Waals surface area (Å²) in [4.78, 5) is 26.1. The number of esters is 1. The lowest BCUT2D eigenvalue weighted by Gasteiger charge is -2.27. The van der Waals surface area contributed by atoms with Crippen molar-refractivity contribution in [3.63, 3.8) is 0 Å². The fourth-order valence-corrected chi connectivity index (χ4v) is 3.54. The number of fused-ring (bicyclic) bond motifs is 1. The third kappa shape index (κ3) is 4.62. The number of rotatable bonds is 4. The largest absolute Gasteiger partial charge is 0.449 e. The summed E-state index contributed by atoms with van der Waals surface area (Å²) in [6, 6.07) is 7.28. The topological polar surface area (TPSA) is 105 Å². The molecule has 0 aromatic heterocycles. The van der Waals surface area contributed by atoms with E-state index < -0.39 is 28.0 Å². The molecule has 0 bridgehead atoms. The molecule has 0 saturated heterocycles. The second-order valence-corrected chi connectivity index (χ2v) is 8.01. The van der Waals surface area contributed by atoms with Crippen LogP contribution in [0, 0.1) is 6.92 Å². The standard InChI is InChI=1S/C18H19N3O5S/c1-12-4-3-5-15(10-12)19-17(22)13(2)26-18(23)14-6-7-16-20-27(24,25)9-8-21(16)11-14/h3-7,10-11,13H,8-9H2,1-2H3,(H,19,22)/t13-/m0/s1. The van der Waals surface area contributed by atoms with Gasteiger partial charge in [-0.3, -0.25) is 4.79 Å². The van der Waals surface area contributed by atoms with Crippen molar-refractivity contribution in [2.45, 2.75) is 20.0 Å². The van der Waals surface area contributed by atoms with Gasteiger partial charge in [0, 0.05) is 18.4 Å². The van der Waals surface area contributed by atoms with Crippen molar-refractivity contribution in [3.05, 3.63) is 53.8 Å². The van der Waals surface area contributed by atoms with E-state index in [4.69, 9.17) is 4.74 Å². The number of nitrogens with one attached hydrogen (secondary N) is 1. The van der Waals surface area contributed by atoms with Crippen LogP contribution in [0.5, 0.6) is 0 Å². The number of benzene rings is 1. The molecule has 142 valence electrons. The van der Waals surface area contributed by atoms with Crippen LogP contribution in [0.25, 0.3) is 0 Å². The van der Waals surface area contributed by atoms with Gasteiger partial charge in [-0.1, -0.05) is 12.1 Å². The highest BCUT2D eigenvalue weighted by Crippen LogP contribution is 2.17. The van der Waals surface area contributed by atoms with Crippen LogP contribution in [0.3, 0.4) is 0 Å². The molecule has 0 radical (unpaired) electrons. The molecular formula is C18H19N3O5S. The number of carbonyl (C=O) groups is 2. The average molecular weight is 389 g/mol. The van der Waals surface area contributed by atoms with Gasteiger partial charge in [0.2, 0.25) is 0 Å². The maximum absolute atomic E-state index is 12.3. The highest BCUT2D eigenvalue weighted by Gasteiger charge is 2.26. The molecule has 0 saturated carbocycles. The van der Waals surface area contributed by atoms with Crippen molar-refractivity contribution in [2.24, 2.45) is 4.40 Å². The second kappa shape index (κ2) is 7.36. The first-order valence-electron chi connectivity index (χ1n) is 8.31.